The lowest BCUT2D eigenvalue weighted by molar-refractivity contribution is -0.123. The third-order valence-corrected chi connectivity index (χ3v) is 7.36. The van der Waals surface area contributed by atoms with Crippen LogP contribution in [-0.4, -0.2) is 23.2 Å². The summed E-state index contributed by atoms with van der Waals surface area (Å²) in [5.74, 6) is 0.767. The van der Waals surface area contributed by atoms with Crippen LogP contribution in [0.5, 0.6) is 5.75 Å². The molecule has 0 radical (unpaired) electrons. The predicted molar refractivity (Wildman–Crippen MR) is 155 cm³/mol. The van der Waals surface area contributed by atoms with Gasteiger partial charge in [-0.3, -0.25) is 9.59 Å². The number of carbonyl (C=O) groups excluding carboxylic acids is 2. The Morgan fingerprint density at radius 2 is 1.53 bits per heavy atom. The van der Waals surface area contributed by atoms with Crippen molar-refractivity contribution < 1.29 is 14.3 Å². The number of ketones is 2. The summed E-state index contributed by atoms with van der Waals surface area (Å²) in [4.78, 5) is 30.4. The second-order valence-corrected chi connectivity index (χ2v) is 11.1. The zero-order valence-electron chi connectivity index (χ0n) is 23.0. The molecule has 1 heterocycles. The maximum atomic E-state index is 13.7. The van der Waals surface area contributed by atoms with Crippen molar-refractivity contribution in [1.82, 2.24) is 4.98 Å². The number of benzene rings is 3. The normalized spacial score (nSPS) is 12.5. The molecular weight excluding hydrogens is 470 g/mol. The lowest BCUT2D eigenvalue weighted by Crippen LogP contribution is -2.21. The Labute approximate surface area is 226 Å². The number of rotatable bonds is 11. The number of fused-ring (bicyclic) bond motifs is 1. The van der Waals surface area contributed by atoms with Gasteiger partial charge in [0.25, 0.3) is 0 Å². The van der Waals surface area contributed by atoms with Gasteiger partial charge in [-0.25, -0.2) is 4.98 Å². The fraction of sp³-hybridized carbons (Fsp3) is 0.324. The maximum absolute atomic E-state index is 13.7. The van der Waals surface area contributed by atoms with Crippen LogP contribution in [0.1, 0.15) is 63.4 Å². The number of ether oxygens (including phenoxy) is 1. The minimum Gasteiger partial charge on any atom is -0.486 e. The molecule has 4 heteroatoms. The van der Waals surface area contributed by atoms with Crippen LogP contribution in [0.4, 0.5) is 0 Å². The average Bonchev–Trinajstić information content (AvgIpc) is 2.94. The molecule has 0 aliphatic carbocycles. The van der Waals surface area contributed by atoms with E-state index in [9.17, 15) is 9.59 Å². The zero-order valence-corrected chi connectivity index (χ0v) is 23.0. The maximum Gasteiger partial charge on any atom is 0.172 e. The number of aromatic nitrogens is 1. The average molecular weight is 508 g/mol. The predicted octanol–water partition coefficient (Wildman–Crippen LogP) is 8.08. The molecule has 3 aromatic carbocycles. The highest BCUT2D eigenvalue weighted by atomic mass is 16.5. The first kappa shape index (κ1) is 27.3. The van der Waals surface area contributed by atoms with E-state index in [-0.39, 0.29) is 35.4 Å². The molecule has 4 rings (SSSR count). The highest BCUT2D eigenvalue weighted by Crippen LogP contribution is 2.33. The van der Waals surface area contributed by atoms with Gasteiger partial charge in [-0.1, -0.05) is 95.3 Å². The van der Waals surface area contributed by atoms with E-state index in [1.54, 1.807) is 0 Å². The molecule has 0 N–H and O–H groups in total. The number of Topliss-reactive ketones (excluding diaryl/α,β-unsaturated/α-hetero) is 2. The number of hydrogen-bond acceptors (Lipinski definition) is 4. The highest BCUT2D eigenvalue weighted by molar-refractivity contribution is 6.09. The molecule has 0 saturated heterocycles. The van der Waals surface area contributed by atoms with E-state index in [0.717, 1.165) is 40.6 Å². The fourth-order valence-corrected chi connectivity index (χ4v) is 4.58. The molecule has 196 valence electrons. The summed E-state index contributed by atoms with van der Waals surface area (Å²) in [5, 5.41) is 0.898. The monoisotopic (exact) mass is 507 g/mol. The summed E-state index contributed by atoms with van der Waals surface area (Å²) in [6.45, 7) is 10.3. The third-order valence-electron chi connectivity index (χ3n) is 7.36. The second-order valence-electron chi connectivity index (χ2n) is 11.1. The minimum atomic E-state index is -0.131. The van der Waals surface area contributed by atoms with E-state index in [1.807, 2.05) is 93.6 Å². The van der Waals surface area contributed by atoms with Gasteiger partial charge in [-0.05, 0) is 48.1 Å². The summed E-state index contributed by atoms with van der Waals surface area (Å²) in [6, 6.07) is 27.8. The highest BCUT2D eigenvalue weighted by Gasteiger charge is 2.25. The Kier molecular flexibility index (Phi) is 8.41. The first-order valence-electron chi connectivity index (χ1n) is 13.4. The molecule has 4 nitrogen and oxygen atoms in total. The van der Waals surface area contributed by atoms with Gasteiger partial charge in [-0.15, -0.1) is 0 Å². The van der Waals surface area contributed by atoms with Gasteiger partial charge in [0.1, 0.15) is 12.4 Å². The van der Waals surface area contributed by atoms with Crippen molar-refractivity contribution in [2.75, 3.05) is 6.61 Å². The lowest BCUT2D eigenvalue weighted by atomic mass is 9.78. The number of pyridine rings is 1. The zero-order chi connectivity index (χ0) is 27.3. The van der Waals surface area contributed by atoms with Crippen LogP contribution in [0.15, 0.2) is 84.9 Å². The summed E-state index contributed by atoms with van der Waals surface area (Å²) in [5.41, 5.74) is 4.45. The van der Waals surface area contributed by atoms with Crippen LogP contribution in [0.25, 0.3) is 22.2 Å². The van der Waals surface area contributed by atoms with Gasteiger partial charge in [0.2, 0.25) is 0 Å². The van der Waals surface area contributed by atoms with Crippen LogP contribution in [0.3, 0.4) is 0 Å². The smallest absolute Gasteiger partial charge is 0.172 e. The number of hydrogen-bond donors (Lipinski definition) is 0. The molecule has 0 aliphatic heterocycles. The second kappa shape index (κ2) is 11.7. The van der Waals surface area contributed by atoms with E-state index in [2.05, 4.69) is 26.0 Å². The van der Waals surface area contributed by atoms with E-state index in [1.165, 1.54) is 5.56 Å². The summed E-state index contributed by atoms with van der Waals surface area (Å²) >= 11 is 0. The van der Waals surface area contributed by atoms with Crippen LogP contribution >= 0.6 is 0 Å². The lowest BCUT2D eigenvalue weighted by Gasteiger charge is -2.27. The van der Waals surface area contributed by atoms with Crippen molar-refractivity contribution in [3.05, 3.63) is 96.1 Å². The van der Waals surface area contributed by atoms with Crippen molar-refractivity contribution in [1.29, 1.82) is 0 Å². The Hall–Kier alpha value is -3.79. The Morgan fingerprint density at radius 1 is 0.868 bits per heavy atom. The van der Waals surface area contributed by atoms with E-state index in [0.29, 0.717) is 5.75 Å². The van der Waals surface area contributed by atoms with Crippen molar-refractivity contribution in [3.63, 3.8) is 0 Å². The Bertz CT molecular complexity index is 1410. The summed E-state index contributed by atoms with van der Waals surface area (Å²) in [6.07, 6.45) is 1.63. The molecule has 0 aliphatic rings. The number of carbonyl (C=O) groups is 2. The number of para-hydroxylation sites is 1. The van der Waals surface area contributed by atoms with Gasteiger partial charge in [0.15, 0.2) is 11.6 Å². The molecule has 0 bridgehead atoms. The van der Waals surface area contributed by atoms with E-state index >= 15 is 0 Å². The Balaban J connectivity index is 1.47. The van der Waals surface area contributed by atoms with E-state index < -0.39 is 0 Å². The molecule has 0 amide bonds. The number of nitrogens with zero attached hydrogens (tertiary/aromatic N) is 1. The van der Waals surface area contributed by atoms with Crippen LogP contribution in [0, 0.1) is 11.8 Å². The van der Waals surface area contributed by atoms with Gasteiger partial charge >= 0.3 is 0 Å². The van der Waals surface area contributed by atoms with Crippen molar-refractivity contribution >= 4 is 22.5 Å². The van der Waals surface area contributed by atoms with Crippen molar-refractivity contribution in [3.8, 4) is 17.0 Å². The minimum absolute atomic E-state index is 0.0343. The van der Waals surface area contributed by atoms with Gasteiger partial charge in [0, 0.05) is 28.3 Å². The summed E-state index contributed by atoms with van der Waals surface area (Å²) in [7, 11) is 0. The van der Waals surface area contributed by atoms with Crippen LogP contribution < -0.4 is 4.74 Å². The Morgan fingerprint density at radius 3 is 2.21 bits per heavy atom. The SMILES string of the molecule is CC(C)C(=O)COc1ccc(C(C)(C)CCC(C)C(=O)c2cc(-c3ccccc3)nc3ccccc23)cc1. The molecule has 38 heavy (non-hydrogen) atoms. The topological polar surface area (TPSA) is 56.3 Å². The van der Waals surface area contributed by atoms with Gasteiger partial charge < -0.3 is 4.74 Å². The molecule has 4 aromatic rings. The van der Waals surface area contributed by atoms with Crippen molar-refractivity contribution in [2.45, 2.75) is 52.9 Å². The van der Waals surface area contributed by atoms with E-state index in [4.69, 9.17) is 9.72 Å². The quantitative estimate of drug-likeness (QED) is 0.193. The summed E-state index contributed by atoms with van der Waals surface area (Å²) < 4.78 is 5.65. The molecule has 1 unspecified atom stereocenters. The van der Waals surface area contributed by atoms with Gasteiger partial charge in [0.05, 0.1) is 11.2 Å². The molecule has 0 saturated carbocycles. The first-order valence-corrected chi connectivity index (χ1v) is 13.4. The first-order chi connectivity index (χ1) is 18.2. The molecule has 0 spiro atoms. The molecule has 1 aromatic heterocycles. The standard InChI is InChI=1S/C34H37NO3/c1-23(2)32(36)22-38-27-17-15-26(16-18-27)34(4,5)20-19-24(3)33(37)29-21-31(25-11-7-6-8-12-25)35-30-14-10-9-13-28(29)30/h6-18,21,23-24H,19-20,22H2,1-5H3. The van der Waals surface area contributed by atoms with Gasteiger partial charge in [-0.2, -0.15) is 0 Å². The molecule has 0 fully saturated rings. The van der Waals surface area contributed by atoms with Crippen LogP contribution in [0.2, 0.25) is 0 Å². The third kappa shape index (κ3) is 6.36. The molecule has 1 atom stereocenters. The van der Waals surface area contributed by atoms with Crippen LogP contribution in [-0.2, 0) is 10.2 Å². The largest absolute Gasteiger partial charge is 0.486 e. The fourth-order valence-electron chi connectivity index (χ4n) is 4.58. The molecular formula is C34H37NO3. The van der Waals surface area contributed by atoms with Crippen molar-refractivity contribution in [2.24, 2.45) is 11.8 Å².